The molecule has 0 aliphatic rings. The molecular weight excluding hydrogens is 332 g/mol. The number of carbonyl (C=O) groups is 1. The zero-order valence-corrected chi connectivity index (χ0v) is 14.4. The van der Waals surface area contributed by atoms with Crippen LogP contribution in [0.25, 0.3) is 0 Å². The summed E-state index contributed by atoms with van der Waals surface area (Å²) in [5.74, 6) is -1.27. The van der Waals surface area contributed by atoms with E-state index in [-0.39, 0.29) is 5.56 Å². The molecule has 5 nitrogen and oxygen atoms in total. The first-order chi connectivity index (χ1) is 11.9. The van der Waals surface area contributed by atoms with Crippen LogP contribution >= 0.6 is 0 Å². The number of methoxy groups -OCH3 is 3. The van der Waals surface area contributed by atoms with E-state index in [1.807, 2.05) is 0 Å². The van der Waals surface area contributed by atoms with Crippen molar-refractivity contribution in [2.45, 2.75) is 13.0 Å². The van der Waals surface area contributed by atoms with E-state index in [9.17, 15) is 13.6 Å². The Morgan fingerprint density at radius 2 is 1.52 bits per heavy atom. The average molecular weight is 351 g/mol. The minimum absolute atomic E-state index is 0.231. The van der Waals surface area contributed by atoms with Crippen LogP contribution in [0.4, 0.5) is 8.78 Å². The normalized spacial score (nSPS) is 11.6. The second-order valence-electron chi connectivity index (χ2n) is 5.28. The van der Waals surface area contributed by atoms with Crippen molar-refractivity contribution < 1.29 is 27.8 Å². The summed E-state index contributed by atoms with van der Waals surface area (Å²) in [7, 11) is 4.36. The number of rotatable bonds is 6. The topological polar surface area (TPSA) is 56.8 Å². The number of carbonyl (C=O) groups excluding carboxylic acids is 1. The molecule has 0 spiro atoms. The van der Waals surface area contributed by atoms with Crippen molar-refractivity contribution in [1.82, 2.24) is 5.32 Å². The lowest BCUT2D eigenvalue weighted by Gasteiger charge is -2.17. The highest BCUT2D eigenvalue weighted by atomic mass is 19.2. The van der Waals surface area contributed by atoms with Crippen molar-refractivity contribution in [3.63, 3.8) is 0 Å². The maximum atomic E-state index is 13.4. The van der Waals surface area contributed by atoms with Crippen molar-refractivity contribution in [2.24, 2.45) is 0 Å². The molecule has 0 aliphatic heterocycles. The van der Waals surface area contributed by atoms with E-state index in [0.717, 1.165) is 12.1 Å². The molecule has 0 heterocycles. The van der Waals surface area contributed by atoms with Crippen LogP contribution < -0.4 is 19.5 Å². The van der Waals surface area contributed by atoms with E-state index in [2.05, 4.69) is 5.32 Å². The lowest BCUT2D eigenvalue weighted by molar-refractivity contribution is 0.0936. The Kier molecular flexibility index (Phi) is 5.80. The zero-order chi connectivity index (χ0) is 18.6. The van der Waals surface area contributed by atoms with Crippen LogP contribution in [0, 0.1) is 11.6 Å². The fourth-order valence-corrected chi connectivity index (χ4v) is 2.35. The van der Waals surface area contributed by atoms with Crippen molar-refractivity contribution in [2.75, 3.05) is 21.3 Å². The van der Waals surface area contributed by atoms with Crippen molar-refractivity contribution >= 4 is 5.91 Å². The predicted molar refractivity (Wildman–Crippen MR) is 88.3 cm³/mol. The lowest BCUT2D eigenvalue weighted by atomic mass is 10.1. The molecule has 2 aromatic rings. The molecule has 25 heavy (non-hydrogen) atoms. The molecule has 2 rings (SSSR count). The van der Waals surface area contributed by atoms with Gasteiger partial charge in [-0.15, -0.1) is 0 Å². The third-order valence-electron chi connectivity index (χ3n) is 3.74. The van der Waals surface area contributed by atoms with E-state index < -0.39 is 23.6 Å². The summed E-state index contributed by atoms with van der Waals surface area (Å²) in [4.78, 5) is 12.6. The summed E-state index contributed by atoms with van der Waals surface area (Å²) >= 11 is 0. The van der Waals surface area contributed by atoms with Crippen LogP contribution in [0.1, 0.15) is 28.9 Å². The molecule has 0 saturated carbocycles. The molecule has 0 aromatic heterocycles. The first-order valence-corrected chi connectivity index (χ1v) is 7.47. The highest BCUT2D eigenvalue weighted by Gasteiger charge is 2.20. The third kappa shape index (κ3) is 3.99. The van der Waals surface area contributed by atoms with Crippen LogP contribution in [0.2, 0.25) is 0 Å². The van der Waals surface area contributed by atoms with Crippen LogP contribution in [0.15, 0.2) is 30.3 Å². The molecule has 134 valence electrons. The van der Waals surface area contributed by atoms with E-state index in [1.165, 1.54) is 39.5 Å². The summed E-state index contributed by atoms with van der Waals surface area (Å²) in [5, 5.41) is 2.72. The monoisotopic (exact) mass is 351 g/mol. The van der Waals surface area contributed by atoms with Gasteiger partial charge < -0.3 is 19.5 Å². The Balaban J connectivity index is 2.28. The van der Waals surface area contributed by atoms with Crippen molar-refractivity contribution in [3.05, 3.63) is 53.1 Å². The van der Waals surface area contributed by atoms with Crippen LogP contribution in [0.5, 0.6) is 17.2 Å². The molecule has 1 unspecified atom stereocenters. The number of amides is 1. The third-order valence-corrected chi connectivity index (χ3v) is 3.74. The van der Waals surface area contributed by atoms with Gasteiger partial charge in [0.15, 0.2) is 23.1 Å². The van der Waals surface area contributed by atoms with Gasteiger partial charge in [0.2, 0.25) is 0 Å². The summed E-state index contributed by atoms with van der Waals surface area (Å²) in [5.41, 5.74) is 0.668. The molecular formula is C18H19F2NO4. The molecule has 2 aromatic carbocycles. The zero-order valence-electron chi connectivity index (χ0n) is 14.4. The Labute approximate surface area is 144 Å². The lowest BCUT2D eigenvalue weighted by Crippen LogP contribution is -2.27. The second kappa shape index (κ2) is 7.83. The van der Waals surface area contributed by atoms with Gasteiger partial charge in [-0.2, -0.15) is 0 Å². The number of benzene rings is 2. The minimum atomic E-state index is -0.970. The smallest absolute Gasteiger partial charge is 0.255 e. The molecule has 1 N–H and O–H groups in total. The fraction of sp³-hybridized carbons (Fsp3) is 0.278. The summed E-state index contributed by atoms with van der Waals surface area (Å²) in [6.45, 7) is 1.66. The van der Waals surface area contributed by atoms with Gasteiger partial charge in [0.25, 0.3) is 5.91 Å². The van der Waals surface area contributed by atoms with Crippen LogP contribution in [-0.2, 0) is 0 Å². The predicted octanol–water partition coefficient (Wildman–Crippen LogP) is 3.48. The number of hydrogen-bond acceptors (Lipinski definition) is 4. The van der Waals surface area contributed by atoms with Gasteiger partial charge in [-0.05, 0) is 24.6 Å². The average Bonchev–Trinajstić information content (AvgIpc) is 2.62. The van der Waals surface area contributed by atoms with Gasteiger partial charge in [0.05, 0.1) is 32.9 Å². The number of hydrogen-bond donors (Lipinski definition) is 1. The summed E-state index contributed by atoms with van der Waals surface area (Å²) < 4.78 is 42.0. The standard InChI is InChI=1S/C18H19F2NO4/c1-10(11-5-6-13(19)14(20)7-11)21-18(22)12-8-16(24-3)17(25-4)9-15(12)23-2/h5-10H,1-4H3,(H,21,22). The Morgan fingerprint density at radius 3 is 2.08 bits per heavy atom. The highest BCUT2D eigenvalue weighted by molar-refractivity contribution is 5.98. The van der Waals surface area contributed by atoms with Gasteiger partial charge in [-0.25, -0.2) is 8.78 Å². The Bertz CT molecular complexity index is 780. The summed E-state index contributed by atoms with van der Waals surface area (Å²) in [6.07, 6.45) is 0. The first-order valence-electron chi connectivity index (χ1n) is 7.47. The number of nitrogens with one attached hydrogen (secondary N) is 1. The van der Waals surface area contributed by atoms with Gasteiger partial charge in [-0.1, -0.05) is 6.07 Å². The summed E-state index contributed by atoms with van der Waals surface area (Å²) in [6, 6.07) is 5.97. The van der Waals surface area contributed by atoms with E-state index in [0.29, 0.717) is 22.8 Å². The van der Waals surface area contributed by atoms with E-state index in [4.69, 9.17) is 14.2 Å². The maximum Gasteiger partial charge on any atom is 0.255 e. The second-order valence-corrected chi connectivity index (χ2v) is 5.28. The Hall–Kier alpha value is -2.83. The van der Waals surface area contributed by atoms with Crippen molar-refractivity contribution in [1.29, 1.82) is 0 Å². The quantitative estimate of drug-likeness (QED) is 0.866. The van der Waals surface area contributed by atoms with Gasteiger partial charge in [0, 0.05) is 12.1 Å². The van der Waals surface area contributed by atoms with Crippen molar-refractivity contribution in [3.8, 4) is 17.2 Å². The highest BCUT2D eigenvalue weighted by Crippen LogP contribution is 2.34. The molecule has 1 amide bonds. The maximum absolute atomic E-state index is 13.4. The minimum Gasteiger partial charge on any atom is -0.496 e. The molecule has 0 bridgehead atoms. The SMILES string of the molecule is COc1cc(OC)c(C(=O)NC(C)c2ccc(F)c(F)c2)cc1OC. The molecule has 1 atom stereocenters. The van der Waals surface area contributed by atoms with E-state index in [1.54, 1.807) is 6.92 Å². The van der Waals surface area contributed by atoms with Gasteiger partial charge in [0.1, 0.15) is 5.75 Å². The Morgan fingerprint density at radius 1 is 0.920 bits per heavy atom. The van der Waals surface area contributed by atoms with Crippen LogP contribution in [-0.4, -0.2) is 27.2 Å². The van der Waals surface area contributed by atoms with Gasteiger partial charge in [-0.3, -0.25) is 4.79 Å². The first kappa shape index (κ1) is 18.5. The fourth-order valence-electron chi connectivity index (χ4n) is 2.35. The van der Waals surface area contributed by atoms with E-state index >= 15 is 0 Å². The van der Waals surface area contributed by atoms with Gasteiger partial charge >= 0.3 is 0 Å². The molecule has 0 saturated heterocycles. The largest absolute Gasteiger partial charge is 0.496 e. The molecule has 0 aliphatic carbocycles. The number of halogens is 2. The molecule has 0 radical (unpaired) electrons. The molecule has 0 fully saturated rings. The molecule has 7 heteroatoms. The van der Waals surface area contributed by atoms with Crippen LogP contribution in [0.3, 0.4) is 0 Å². The number of ether oxygens (including phenoxy) is 3.